The second-order valence-electron chi connectivity index (χ2n) is 3.17. The van der Waals surface area contributed by atoms with Crippen LogP contribution in [0.5, 0.6) is 0 Å². The van der Waals surface area contributed by atoms with Crippen LogP contribution in [0.1, 0.15) is 15.4 Å². The van der Waals surface area contributed by atoms with Gasteiger partial charge in [-0.3, -0.25) is 4.79 Å². The summed E-state index contributed by atoms with van der Waals surface area (Å²) in [5.41, 5.74) is 0.656. The smallest absolute Gasteiger partial charge is 0.219 e. The van der Waals surface area contributed by atoms with Gasteiger partial charge in [-0.15, -0.1) is 22.7 Å². The Hall–Kier alpha value is -1.39. The van der Waals surface area contributed by atoms with E-state index in [1.165, 1.54) is 9.40 Å². The molecule has 0 amide bonds. The van der Waals surface area contributed by atoms with Gasteiger partial charge in [-0.25, -0.2) is 0 Å². The van der Waals surface area contributed by atoms with Gasteiger partial charge in [-0.2, -0.15) is 0 Å². The first-order chi connectivity index (χ1) is 7.34. The minimum atomic E-state index is 0.0772. The normalized spacial score (nSPS) is 10.9. The molecule has 0 aromatic carbocycles. The lowest BCUT2D eigenvalue weighted by Gasteiger charge is -1.91. The van der Waals surface area contributed by atoms with Gasteiger partial charge in [0.1, 0.15) is 0 Å². The predicted octanol–water partition coefficient (Wildman–Crippen LogP) is 3.52. The highest BCUT2D eigenvalue weighted by molar-refractivity contribution is 7.28. The van der Waals surface area contributed by atoms with Crippen molar-refractivity contribution >= 4 is 37.9 Å². The summed E-state index contributed by atoms with van der Waals surface area (Å²) in [5, 5.41) is 2.05. The fraction of sp³-hybridized carbons (Fsp3) is 0. The van der Waals surface area contributed by atoms with Gasteiger partial charge in [0.15, 0.2) is 0 Å². The van der Waals surface area contributed by atoms with Crippen LogP contribution in [-0.2, 0) is 0 Å². The van der Waals surface area contributed by atoms with Gasteiger partial charge in [-0.05, 0) is 29.6 Å². The molecule has 0 aliphatic carbocycles. The summed E-state index contributed by atoms with van der Waals surface area (Å²) in [6.45, 7) is 0. The number of rotatable bonds is 2. The monoisotopic (exact) mass is 233 g/mol. The molecule has 0 fully saturated rings. The van der Waals surface area contributed by atoms with Gasteiger partial charge in [-0.1, -0.05) is 0 Å². The van der Waals surface area contributed by atoms with Crippen LogP contribution >= 0.6 is 22.7 Å². The molecule has 3 aromatic heterocycles. The minimum absolute atomic E-state index is 0.0772. The van der Waals surface area contributed by atoms with Crippen molar-refractivity contribution in [2.75, 3.05) is 0 Å². The van der Waals surface area contributed by atoms with E-state index >= 15 is 0 Å². The molecule has 0 radical (unpaired) electrons. The number of carbonyl (C=O) groups is 1. The fourth-order valence-corrected chi connectivity index (χ4v) is 3.54. The third kappa shape index (κ3) is 1.42. The molecule has 0 atom stereocenters. The molecule has 0 aliphatic rings. The van der Waals surface area contributed by atoms with Gasteiger partial charge >= 0.3 is 0 Å². The van der Waals surface area contributed by atoms with E-state index in [1.54, 1.807) is 34.9 Å². The van der Waals surface area contributed by atoms with Crippen LogP contribution in [0.15, 0.2) is 35.8 Å². The van der Waals surface area contributed by atoms with Crippen LogP contribution < -0.4 is 0 Å². The van der Waals surface area contributed by atoms with Crippen molar-refractivity contribution in [3.8, 4) is 0 Å². The van der Waals surface area contributed by atoms with E-state index < -0.39 is 0 Å². The number of thiophene rings is 2. The Morgan fingerprint density at radius 1 is 1.27 bits per heavy atom. The Balaban J connectivity index is 2.07. The number of ketones is 1. The molecule has 0 saturated carbocycles. The lowest BCUT2D eigenvalue weighted by Crippen LogP contribution is -1.97. The SMILES string of the molecule is O=C(c1ccc[nH]1)c1cc2sccc2s1. The topological polar surface area (TPSA) is 32.9 Å². The van der Waals surface area contributed by atoms with Crippen molar-refractivity contribution in [1.29, 1.82) is 0 Å². The Bertz CT molecular complexity index is 575. The van der Waals surface area contributed by atoms with Crippen molar-refractivity contribution in [1.82, 2.24) is 4.98 Å². The summed E-state index contributed by atoms with van der Waals surface area (Å²) in [6.07, 6.45) is 1.77. The molecule has 3 aromatic rings. The van der Waals surface area contributed by atoms with Crippen LogP contribution in [0.2, 0.25) is 0 Å². The molecule has 0 bridgehead atoms. The second-order valence-corrected chi connectivity index (χ2v) is 5.20. The van der Waals surface area contributed by atoms with Crippen LogP contribution in [0.25, 0.3) is 9.40 Å². The maximum absolute atomic E-state index is 12.0. The maximum Gasteiger partial charge on any atom is 0.219 e. The zero-order valence-electron chi connectivity index (χ0n) is 7.69. The summed E-state index contributed by atoms with van der Waals surface area (Å²) in [5.74, 6) is 0.0772. The summed E-state index contributed by atoms with van der Waals surface area (Å²) in [6, 6.07) is 7.66. The predicted molar refractivity (Wildman–Crippen MR) is 63.9 cm³/mol. The number of H-pyrrole nitrogens is 1. The van der Waals surface area contributed by atoms with Crippen molar-refractivity contribution in [2.45, 2.75) is 0 Å². The third-order valence-electron chi connectivity index (χ3n) is 2.21. The third-order valence-corrected chi connectivity index (χ3v) is 4.30. The molecule has 3 heterocycles. The standard InChI is InChI=1S/C11H7NOS2/c13-11(7-2-1-4-12-7)10-6-9-8(15-10)3-5-14-9/h1-6,12H. The zero-order valence-corrected chi connectivity index (χ0v) is 9.32. The van der Waals surface area contributed by atoms with Crippen molar-refractivity contribution in [3.05, 3.63) is 46.4 Å². The van der Waals surface area contributed by atoms with Gasteiger partial charge in [0.25, 0.3) is 0 Å². The molecule has 0 spiro atoms. The lowest BCUT2D eigenvalue weighted by molar-refractivity contribution is 0.103. The molecular weight excluding hydrogens is 226 g/mol. The van der Waals surface area contributed by atoms with Crippen molar-refractivity contribution in [2.24, 2.45) is 0 Å². The van der Waals surface area contributed by atoms with Crippen molar-refractivity contribution in [3.63, 3.8) is 0 Å². The van der Waals surface area contributed by atoms with Crippen LogP contribution in [0, 0.1) is 0 Å². The Morgan fingerprint density at radius 2 is 2.20 bits per heavy atom. The molecule has 2 nitrogen and oxygen atoms in total. The van der Waals surface area contributed by atoms with E-state index in [4.69, 9.17) is 0 Å². The van der Waals surface area contributed by atoms with E-state index in [-0.39, 0.29) is 5.78 Å². The maximum atomic E-state index is 12.0. The number of aromatic nitrogens is 1. The van der Waals surface area contributed by atoms with Crippen molar-refractivity contribution < 1.29 is 4.79 Å². The van der Waals surface area contributed by atoms with E-state index in [0.29, 0.717) is 5.69 Å². The van der Waals surface area contributed by atoms with Gasteiger partial charge in [0.05, 0.1) is 10.6 Å². The Kier molecular flexibility index (Phi) is 1.97. The lowest BCUT2D eigenvalue weighted by atomic mass is 10.2. The number of aromatic amines is 1. The van der Waals surface area contributed by atoms with E-state index in [2.05, 4.69) is 11.1 Å². The largest absolute Gasteiger partial charge is 0.358 e. The zero-order chi connectivity index (χ0) is 10.3. The van der Waals surface area contributed by atoms with Gasteiger partial charge in [0.2, 0.25) is 5.78 Å². The average Bonchev–Trinajstić information content (AvgIpc) is 2.92. The first-order valence-corrected chi connectivity index (χ1v) is 6.19. The highest BCUT2D eigenvalue weighted by atomic mass is 32.1. The summed E-state index contributed by atoms with van der Waals surface area (Å²) < 4.78 is 2.38. The first kappa shape index (κ1) is 8.88. The summed E-state index contributed by atoms with van der Waals surface area (Å²) in [4.78, 5) is 15.7. The van der Waals surface area contributed by atoms with E-state index in [0.717, 1.165) is 4.88 Å². The molecule has 1 N–H and O–H groups in total. The van der Waals surface area contributed by atoms with Crippen LogP contribution in [0.4, 0.5) is 0 Å². The van der Waals surface area contributed by atoms with Gasteiger partial charge < -0.3 is 4.98 Å². The number of carbonyl (C=O) groups excluding carboxylic acids is 1. The first-order valence-electron chi connectivity index (χ1n) is 4.50. The molecule has 0 aliphatic heterocycles. The molecule has 0 saturated heterocycles. The number of hydrogen-bond acceptors (Lipinski definition) is 3. The highest BCUT2D eigenvalue weighted by Gasteiger charge is 2.13. The molecule has 3 rings (SSSR count). The van der Waals surface area contributed by atoms with Crippen LogP contribution in [0.3, 0.4) is 0 Å². The number of nitrogens with one attached hydrogen (secondary N) is 1. The van der Waals surface area contributed by atoms with Gasteiger partial charge in [0, 0.05) is 15.6 Å². The highest BCUT2D eigenvalue weighted by Crippen LogP contribution is 2.30. The molecule has 15 heavy (non-hydrogen) atoms. The summed E-state index contributed by atoms with van der Waals surface area (Å²) in [7, 11) is 0. The second kappa shape index (κ2) is 3.32. The molecule has 0 unspecified atom stereocenters. The summed E-state index contributed by atoms with van der Waals surface area (Å²) >= 11 is 3.22. The minimum Gasteiger partial charge on any atom is -0.358 e. The molecule has 74 valence electrons. The van der Waals surface area contributed by atoms with Crippen LogP contribution in [-0.4, -0.2) is 10.8 Å². The molecular formula is C11H7NOS2. The Labute approximate surface area is 94.2 Å². The quantitative estimate of drug-likeness (QED) is 0.675. The van der Waals surface area contributed by atoms with E-state index in [1.807, 2.05) is 17.5 Å². The number of fused-ring (bicyclic) bond motifs is 1. The average molecular weight is 233 g/mol. The van der Waals surface area contributed by atoms with E-state index in [9.17, 15) is 4.79 Å². The molecule has 4 heteroatoms. The Morgan fingerprint density at radius 3 is 2.93 bits per heavy atom. The number of hydrogen-bond donors (Lipinski definition) is 1. The fourth-order valence-electron chi connectivity index (χ4n) is 1.48.